The zero-order valence-corrected chi connectivity index (χ0v) is 19.8. The van der Waals surface area contributed by atoms with Crippen LogP contribution in [-0.4, -0.2) is 85.7 Å². The van der Waals surface area contributed by atoms with Crippen LogP contribution in [0.3, 0.4) is 0 Å². The van der Waals surface area contributed by atoms with Gasteiger partial charge in [-0.15, -0.1) is 24.0 Å². The minimum Gasteiger partial charge on any atom is -0.355 e. The molecule has 0 radical (unpaired) electrons. The maximum absolute atomic E-state index is 4.43. The highest BCUT2D eigenvalue weighted by molar-refractivity contribution is 14.0. The summed E-state index contributed by atoms with van der Waals surface area (Å²) in [7, 11) is 4.09. The Morgan fingerprint density at radius 2 is 1.88 bits per heavy atom. The van der Waals surface area contributed by atoms with Gasteiger partial charge in [0.15, 0.2) is 5.96 Å². The zero-order valence-electron chi connectivity index (χ0n) is 16.7. The van der Waals surface area contributed by atoms with Gasteiger partial charge in [-0.25, -0.2) is 0 Å². The predicted octanol–water partition coefficient (Wildman–Crippen LogP) is 2.33. The second kappa shape index (κ2) is 11.2. The van der Waals surface area contributed by atoms with Crippen LogP contribution in [0.15, 0.2) is 4.99 Å². The lowest BCUT2D eigenvalue weighted by atomic mass is 10.0. The van der Waals surface area contributed by atoms with Crippen molar-refractivity contribution >= 4 is 41.7 Å². The Kier molecular flexibility index (Phi) is 10.4. The van der Waals surface area contributed by atoms with Crippen LogP contribution in [0.25, 0.3) is 0 Å². The average Bonchev–Trinajstić information content (AvgIpc) is 2.99. The summed E-state index contributed by atoms with van der Waals surface area (Å²) in [5, 5.41) is 7.12. The van der Waals surface area contributed by atoms with Gasteiger partial charge in [-0.05, 0) is 38.5 Å². The van der Waals surface area contributed by atoms with Gasteiger partial charge in [0.25, 0.3) is 0 Å². The van der Waals surface area contributed by atoms with E-state index in [0.717, 1.165) is 19.0 Å². The molecule has 0 aromatic heterocycles. The van der Waals surface area contributed by atoms with E-state index in [1.807, 2.05) is 7.05 Å². The minimum atomic E-state index is 0. The van der Waals surface area contributed by atoms with Crippen molar-refractivity contribution in [3.8, 4) is 0 Å². The molecule has 2 aliphatic heterocycles. The Hall–Kier alpha value is 0.270. The van der Waals surface area contributed by atoms with Gasteiger partial charge in [-0.1, -0.05) is 13.8 Å². The quantitative estimate of drug-likeness (QED) is 0.345. The van der Waals surface area contributed by atoms with E-state index in [-0.39, 0.29) is 24.0 Å². The molecule has 0 aliphatic carbocycles. The van der Waals surface area contributed by atoms with Crippen molar-refractivity contribution in [1.29, 1.82) is 0 Å². The van der Waals surface area contributed by atoms with Gasteiger partial charge in [0.2, 0.25) is 0 Å². The number of rotatable bonds is 6. The first-order valence-corrected chi connectivity index (χ1v) is 10.4. The monoisotopic (exact) mass is 483 g/mol. The summed E-state index contributed by atoms with van der Waals surface area (Å²) in [6, 6.07) is 0.564. The highest BCUT2D eigenvalue weighted by atomic mass is 127. The van der Waals surface area contributed by atoms with Crippen LogP contribution < -0.4 is 10.6 Å². The number of nitrogens with zero attached hydrogens (tertiary/aromatic N) is 3. The van der Waals surface area contributed by atoms with Crippen molar-refractivity contribution in [2.45, 2.75) is 44.4 Å². The molecule has 0 aromatic carbocycles. The van der Waals surface area contributed by atoms with Gasteiger partial charge in [0.1, 0.15) is 0 Å². The molecular weight excluding hydrogens is 445 g/mol. The number of nitrogens with one attached hydrogen (secondary N) is 2. The molecule has 2 fully saturated rings. The van der Waals surface area contributed by atoms with E-state index in [1.165, 1.54) is 44.8 Å². The maximum atomic E-state index is 4.43. The Balaban J connectivity index is 0.00000312. The first-order valence-electron chi connectivity index (χ1n) is 9.44. The van der Waals surface area contributed by atoms with Crippen molar-refractivity contribution in [2.75, 3.05) is 59.1 Å². The number of halogens is 1. The molecule has 0 aromatic rings. The number of hydrogen-bond donors (Lipinski definition) is 2. The molecule has 2 unspecified atom stereocenters. The van der Waals surface area contributed by atoms with Crippen molar-refractivity contribution in [2.24, 2.45) is 10.9 Å². The first-order chi connectivity index (χ1) is 11.4. The van der Waals surface area contributed by atoms with Gasteiger partial charge < -0.3 is 15.5 Å². The van der Waals surface area contributed by atoms with Gasteiger partial charge in [0.05, 0.1) is 0 Å². The lowest BCUT2D eigenvalue weighted by Crippen LogP contribution is -2.55. The standard InChI is InChI=1S/C18H37N5S.HI/c1-15(2)16(23-10-8-22(5)9-11-23)13-20-17(19-4)21-14-18(3)7-6-12-24-18;/h15-16H,6-14H2,1-5H3,(H2,19,20,21);1H. The molecule has 0 amide bonds. The van der Waals surface area contributed by atoms with Crippen LogP contribution >= 0.6 is 35.7 Å². The van der Waals surface area contributed by atoms with E-state index >= 15 is 0 Å². The molecule has 0 spiro atoms. The van der Waals surface area contributed by atoms with E-state index in [1.54, 1.807) is 0 Å². The van der Waals surface area contributed by atoms with E-state index in [2.05, 4.69) is 65.0 Å². The summed E-state index contributed by atoms with van der Waals surface area (Å²) >= 11 is 2.09. The summed E-state index contributed by atoms with van der Waals surface area (Å²) in [6.07, 6.45) is 2.64. The fourth-order valence-electron chi connectivity index (χ4n) is 3.61. The molecule has 0 saturated carbocycles. The lowest BCUT2D eigenvalue weighted by molar-refractivity contribution is 0.0900. The molecule has 2 atom stereocenters. The second-order valence-electron chi connectivity index (χ2n) is 7.86. The van der Waals surface area contributed by atoms with Crippen molar-refractivity contribution in [3.63, 3.8) is 0 Å². The molecule has 2 heterocycles. The topological polar surface area (TPSA) is 42.9 Å². The molecule has 7 heteroatoms. The highest BCUT2D eigenvalue weighted by Gasteiger charge is 2.30. The van der Waals surface area contributed by atoms with Crippen LogP contribution in [0.5, 0.6) is 0 Å². The van der Waals surface area contributed by atoms with E-state index in [4.69, 9.17) is 0 Å². The smallest absolute Gasteiger partial charge is 0.191 e. The van der Waals surface area contributed by atoms with E-state index < -0.39 is 0 Å². The number of thioether (sulfide) groups is 1. The summed E-state index contributed by atoms with van der Waals surface area (Å²) in [4.78, 5) is 9.48. The highest BCUT2D eigenvalue weighted by Crippen LogP contribution is 2.36. The van der Waals surface area contributed by atoms with Gasteiger partial charge in [-0.2, -0.15) is 11.8 Å². The summed E-state index contributed by atoms with van der Waals surface area (Å²) in [5.41, 5.74) is 0. The molecular formula is C18H38IN5S. The number of aliphatic imine (C=N–C) groups is 1. The van der Waals surface area contributed by atoms with Gasteiger partial charge in [-0.3, -0.25) is 9.89 Å². The SMILES string of the molecule is CN=C(NCC(C(C)C)N1CCN(C)CC1)NCC1(C)CCCS1.I. The van der Waals surface area contributed by atoms with Crippen molar-refractivity contribution < 1.29 is 0 Å². The van der Waals surface area contributed by atoms with Crippen molar-refractivity contribution in [3.05, 3.63) is 0 Å². The zero-order chi connectivity index (χ0) is 17.6. The molecule has 25 heavy (non-hydrogen) atoms. The number of likely N-dealkylation sites (N-methyl/N-ethyl adjacent to an activating group) is 1. The lowest BCUT2D eigenvalue weighted by Gasteiger charge is -2.40. The van der Waals surface area contributed by atoms with Gasteiger partial charge in [0, 0.05) is 57.1 Å². The third-order valence-corrected chi connectivity index (χ3v) is 6.95. The molecule has 5 nitrogen and oxygen atoms in total. The molecule has 2 saturated heterocycles. The Morgan fingerprint density at radius 3 is 2.40 bits per heavy atom. The molecule has 148 valence electrons. The normalized spacial score (nSPS) is 27.2. The second-order valence-corrected chi connectivity index (χ2v) is 9.54. The first kappa shape index (κ1) is 23.3. The number of piperazine rings is 1. The van der Waals surface area contributed by atoms with Gasteiger partial charge >= 0.3 is 0 Å². The molecule has 2 aliphatic rings. The summed E-state index contributed by atoms with van der Waals surface area (Å²) in [5.74, 6) is 2.88. The minimum absolute atomic E-state index is 0. The summed E-state index contributed by atoms with van der Waals surface area (Å²) in [6.45, 7) is 13.7. The van der Waals surface area contributed by atoms with Crippen LogP contribution in [0.1, 0.15) is 33.6 Å². The maximum Gasteiger partial charge on any atom is 0.191 e. The van der Waals surface area contributed by atoms with Crippen LogP contribution in [-0.2, 0) is 0 Å². The van der Waals surface area contributed by atoms with E-state index in [0.29, 0.717) is 16.7 Å². The summed E-state index contributed by atoms with van der Waals surface area (Å²) < 4.78 is 0.368. The fraction of sp³-hybridized carbons (Fsp3) is 0.944. The molecule has 2 N–H and O–H groups in total. The third kappa shape index (κ3) is 7.42. The van der Waals surface area contributed by atoms with Crippen molar-refractivity contribution in [1.82, 2.24) is 20.4 Å². The number of guanidine groups is 1. The van der Waals surface area contributed by atoms with Crippen LogP contribution in [0.4, 0.5) is 0 Å². The average molecular weight is 484 g/mol. The Morgan fingerprint density at radius 1 is 1.20 bits per heavy atom. The third-order valence-electron chi connectivity index (χ3n) is 5.41. The van der Waals surface area contributed by atoms with Crippen LogP contribution in [0, 0.1) is 5.92 Å². The van der Waals surface area contributed by atoms with E-state index in [9.17, 15) is 0 Å². The van der Waals surface area contributed by atoms with Crippen LogP contribution in [0.2, 0.25) is 0 Å². The molecule has 0 bridgehead atoms. The predicted molar refractivity (Wildman–Crippen MR) is 123 cm³/mol. The Bertz CT molecular complexity index is 404. The largest absolute Gasteiger partial charge is 0.355 e. The molecule has 2 rings (SSSR count). The number of hydrogen-bond acceptors (Lipinski definition) is 4. The Labute approximate surface area is 176 Å². The fourth-order valence-corrected chi connectivity index (χ4v) is 4.85.